The van der Waals surface area contributed by atoms with Gasteiger partial charge in [-0.05, 0) is 32.9 Å². The van der Waals surface area contributed by atoms with E-state index < -0.39 is 0 Å². The average Bonchev–Trinajstić information content (AvgIpc) is 3.44. The number of nitrogens with zero attached hydrogens (tertiary/aromatic N) is 4. The second-order valence-corrected chi connectivity index (χ2v) is 9.29. The summed E-state index contributed by atoms with van der Waals surface area (Å²) in [6, 6.07) is 16.0. The molecule has 0 saturated carbocycles. The van der Waals surface area contributed by atoms with Gasteiger partial charge >= 0.3 is 0 Å². The zero-order chi connectivity index (χ0) is 23.2. The fourth-order valence-electron chi connectivity index (χ4n) is 3.11. The Balaban J connectivity index is 1.32. The number of rotatable bonds is 9. The van der Waals surface area contributed by atoms with Crippen molar-refractivity contribution in [2.75, 3.05) is 11.1 Å². The summed E-state index contributed by atoms with van der Waals surface area (Å²) in [5, 5.41) is 14.6. The van der Waals surface area contributed by atoms with Gasteiger partial charge in [0.15, 0.2) is 16.1 Å². The van der Waals surface area contributed by atoms with Gasteiger partial charge in [0.05, 0.1) is 11.4 Å². The Morgan fingerprint density at radius 3 is 2.45 bits per heavy atom. The molecule has 0 atom stereocenters. The van der Waals surface area contributed by atoms with Gasteiger partial charge in [-0.3, -0.25) is 4.79 Å². The van der Waals surface area contributed by atoms with Crippen LogP contribution < -0.4 is 10.1 Å². The molecule has 1 N–H and O–H groups in total. The van der Waals surface area contributed by atoms with Crippen molar-refractivity contribution in [2.45, 2.75) is 39.1 Å². The number of carbonyl (C=O) groups excluding carboxylic acids is 1. The number of benzene rings is 2. The maximum atomic E-state index is 12.5. The lowest BCUT2D eigenvalue weighted by atomic mass is 10.1. The van der Waals surface area contributed by atoms with Crippen LogP contribution in [0, 0.1) is 13.8 Å². The summed E-state index contributed by atoms with van der Waals surface area (Å²) in [7, 11) is 0. The van der Waals surface area contributed by atoms with Crippen LogP contribution in [0.25, 0.3) is 11.3 Å². The van der Waals surface area contributed by atoms with E-state index in [0.717, 1.165) is 22.8 Å². The monoisotopic (exact) mass is 479 g/mol. The van der Waals surface area contributed by atoms with Gasteiger partial charge in [0, 0.05) is 17.5 Å². The van der Waals surface area contributed by atoms with Crippen LogP contribution in [0.3, 0.4) is 0 Å². The standard InChI is InChI=1S/C24H25N5O2S2/c1-4-29-21(13-31-19-11-7-17(3)8-12-19)27-28-24(29)33-15-22(30)26-23-25-20(14-32-23)18-9-5-16(2)6-10-18/h5-12,14H,4,13,15H2,1-3H3,(H,25,26,30). The Morgan fingerprint density at radius 2 is 1.76 bits per heavy atom. The number of thioether (sulfide) groups is 1. The summed E-state index contributed by atoms with van der Waals surface area (Å²) in [6.07, 6.45) is 0. The Hall–Kier alpha value is -3.17. The number of ether oxygens (including phenoxy) is 1. The SMILES string of the molecule is CCn1c(COc2ccc(C)cc2)nnc1SCC(=O)Nc1nc(-c2ccc(C)cc2)cs1. The number of hydrogen-bond acceptors (Lipinski definition) is 7. The molecular weight excluding hydrogens is 454 g/mol. The zero-order valence-electron chi connectivity index (χ0n) is 18.7. The molecule has 0 spiro atoms. The van der Waals surface area contributed by atoms with E-state index in [1.807, 2.05) is 79.2 Å². The number of amides is 1. The second kappa shape index (κ2) is 10.6. The predicted octanol–water partition coefficient (Wildman–Crippen LogP) is 5.35. The van der Waals surface area contributed by atoms with Crippen molar-refractivity contribution in [1.29, 1.82) is 0 Å². The number of aromatic nitrogens is 4. The van der Waals surface area contributed by atoms with Crippen molar-refractivity contribution in [2.24, 2.45) is 0 Å². The van der Waals surface area contributed by atoms with Crippen LogP contribution in [0.1, 0.15) is 23.9 Å². The quantitative estimate of drug-likeness (QED) is 0.326. The topological polar surface area (TPSA) is 81.9 Å². The molecule has 0 fully saturated rings. The van der Waals surface area contributed by atoms with Gasteiger partial charge in [0.25, 0.3) is 0 Å². The molecule has 33 heavy (non-hydrogen) atoms. The van der Waals surface area contributed by atoms with E-state index in [9.17, 15) is 4.79 Å². The first-order valence-electron chi connectivity index (χ1n) is 10.6. The largest absolute Gasteiger partial charge is 0.486 e. The summed E-state index contributed by atoms with van der Waals surface area (Å²) >= 11 is 2.76. The zero-order valence-corrected chi connectivity index (χ0v) is 20.4. The fraction of sp³-hybridized carbons (Fsp3) is 0.250. The molecule has 0 unspecified atom stereocenters. The Labute approximate surface area is 201 Å². The Morgan fingerprint density at radius 1 is 1.06 bits per heavy atom. The third-order valence-electron chi connectivity index (χ3n) is 4.93. The predicted molar refractivity (Wildman–Crippen MR) is 133 cm³/mol. The molecule has 1 amide bonds. The first-order valence-corrected chi connectivity index (χ1v) is 12.4. The third kappa shape index (κ3) is 6.00. The van der Waals surface area contributed by atoms with Gasteiger partial charge in [-0.15, -0.1) is 21.5 Å². The molecule has 170 valence electrons. The lowest BCUT2D eigenvalue weighted by molar-refractivity contribution is -0.113. The molecule has 2 heterocycles. The minimum Gasteiger partial charge on any atom is -0.486 e. The normalized spacial score (nSPS) is 10.9. The van der Waals surface area contributed by atoms with Gasteiger partial charge in [-0.25, -0.2) is 4.98 Å². The molecule has 0 aliphatic carbocycles. The summed E-state index contributed by atoms with van der Waals surface area (Å²) in [5.74, 6) is 1.60. The van der Waals surface area contributed by atoms with Crippen LogP contribution in [0.2, 0.25) is 0 Å². The molecule has 0 aliphatic rings. The first-order chi connectivity index (χ1) is 16.0. The number of carbonyl (C=O) groups is 1. The van der Waals surface area contributed by atoms with Crippen molar-refractivity contribution >= 4 is 34.1 Å². The van der Waals surface area contributed by atoms with Crippen molar-refractivity contribution in [3.8, 4) is 17.0 Å². The van der Waals surface area contributed by atoms with Crippen molar-refractivity contribution in [3.63, 3.8) is 0 Å². The Bertz CT molecular complexity index is 1220. The van der Waals surface area contributed by atoms with E-state index in [0.29, 0.717) is 23.4 Å². The minimum absolute atomic E-state index is 0.132. The molecule has 0 aliphatic heterocycles. The van der Waals surface area contributed by atoms with Gasteiger partial charge in [-0.1, -0.05) is 59.3 Å². The molecule has 0 bridgehead atoms. The van der Waals surface area contributed by atoms with E-state index in [1.54, 1.807) is 0 Å². The highest BCUT2D eigenvalue weighted by molar-refractivity contribution is 7.99. The fourth-order valence-corrected chi connectivity index (χ4v) is 4.66. The highest BCUT2D eigenvalue weighted by Crippen LogP contribution is 2.26. The van der Waals surface area contributed by atoms with E-state index in [1.165, 1.54) is 34.2 Å². The molecule has 2 aromatic carbocycles. The summed E-state index contributed by atoms with van der Waals surface area (Å²) in [4.78, 5) is 17.0. The molecule has 4 aromatic rings. The van der Waals surface area contributed by atoms with Crippen LogP contribution in [-0.2, 0) is 17.9 Å². The van der Waals surface area contributed by atoms with E-state index in [-0.39, 0.29) is 11.7 Å². The van der Waals surface area contributed by atoms with Crippen LogP contribution in [0.15, 0.2) is 59.1 Å². The first kappa shape index (κ1) is 23.0. The molecule has 0 saturated heterocycles. The van der Waals surface area contributed by atoms with Crippen molar-refractivity contribution < 1.29 is 9.53 Å². The molecule has 9 heteroatoms. The van der Waals surface area contributed by atoms with Crippen LogP contribution in [0.5, 0.6) is 5.75 Å². The highest BCUT2D eigenvalue weighted by atomic mass is 32.2. The molecule has 2 aromatic heterocycles. The van der Waals surface area contributed by atoms with Gasteiger partial charge in [0.2, 0.25) is 5.91 Å². The number of thiazole rings is 1. The maximum absolute atomic E-state index is 12.5. The second-order valence-electron chi connectivity index (χ2n) is 7.49. The molecule has 7 nitrogen and oxygen atoms in total. The van der Waals surface area contributed by atoms with E-state index >= 15 is 0 Å². The van der Waals surface area contributed by atoms with Crippen molar-refractivity contribution in [3.05, 3.63) is 70.9 Å². The number of nitrogens with one attached hydrogen (secondary N) is 1. The van der Waals surface area contributed by atoms with Crippen LogP contribution in [-0.4, -0.2) is 31.4 Å². The van der Waals surface area contributed by atoms with Gasteiger partial charge in [-0.2, -0.15) is 0 Å². The summed E-state index contributed by atoms with van der Waals surface area (Å²) in [5.41, 5.74) is 4.26. The molecular formula is C24H25N5O2S2. The van der Waals surface area contributed by atoms with Gasteiger partial charge < -0.3 is 14.6 Å². The van der Waals surface area contributed by atoms with E-state index in [4.69, 9.17) is 4.74 Å². The molecule has 4 rings (SSSR count). The van der Waals surface area contributed by atoms with Crippen LogP contribution in [0.4, 0.5) is 5.13 Å². The number of hydrogen-bond donors (Lipinski definition) is 1. The lowest BCUT2D eigenvalue weighted by Gasteiger charge is -2.09. The number of anilines is 1. The summed E-state index contributed by atoms with van der Waals surface area (Å²) < 4.78 is 7.80. The van der Waals surface area contributed by atoms with Crippen molar-refractivity contribution in [1.82, 2.24) is 19.7 Å². The maximum Gasteiger partial charge on any atom is 0.236 e. The third-order valence-corrected chi connectivity index (χ3v) is 6.65. The summed E-state index contributed by atoms with van der Waals surface area (Å²) in [6.45, 7) is 7.11. The Kier molecular flexibility index (Phi) is 7.41. The van der Waals surface area contributed by atoms with E-state index in [2.05, 4.69) is 20.5 Å². The highest BCUT2D eigenvalue weighted by Gasteiger charge is 2.15. The molecule has 0 radical (unpaired) electrons. The number of aryl methyl sites for hydroxylation is 2. The van der Waals surface area contributed by atoms with Gasteiger partial charge in [0.1, 0.15) is 12.4 Å². The minimum atomic E-state index is -0.132. The lowest BCUT2D eigenvalue weighted by Crippen LogP contribution is -2.14. The average molecular weight is 480 g/mol. The smallest absolute Gasteiger partial charge is 0.236 e. The van der Waals surface area contributed by atoms with Crippen LogP contribution >= 0.6 is 23.1 Å².